The number of thioether (sulfide) groups is 1. The van der Waals surface area contributed by atoms with E-state index in [2.05, 4.69) is 4.98 Å². The number of thiophene rings is 1. The average Bonchev–Trinajstić information content (AvgIpc) is 3.14. The third kappa shape index (κ3) is 4.09. The molecule has 0 spiro atoms. The summed E-state index contributed by atoms with van der Waals surface area (Å²) >= 11 is 3.08. The SMILES string of the molecule is CSc1sc(C(=N)N)cc1-c1nc(-c2ccccc2)co1.Cl.Cl. The van der Waals surface area contributed by atoms with Gasteiger partial charge < -0.3 is 10.2 Å². The van der Waals surface area contributed by atoms with Gasteiger partial charge in [-0.1, -0.05) is 30.3 Å². The van der Waals surface area contributed by atoms with E-state index in [1.54, 1.807) is 18.0 Å². The zero-order valence-electron chi connectivity index (χ0n) is 12.1. The maximum absolute atomic E-state index is 7.55. The lowest BCUT2D eigenvalue weighted by Gasteiger charge is -1.94. The molecule has 122 valence electrons. The third-order valence-corrected chi connectivity index (χ3v) is 5.26. The summed E-state index contributed by atoms with van der Waals surface area (Å²) in [4.78, 5) is 5.28. The van der Waals surface area contributed by atoms with Crippen molar-refractivity contribution in [1.29, 1.82) is 5.41 Å². The van der Waals surface area contributed by atoms with Crippen LogP contribution in [-0.2, 0) is 0 Å². The number of hydrogen-bond donors (Lipinski definition) is 2. The highest BCUT2D eigenvalue weighted by atomic mass is 35.5. The number of halogens is 2. The summed E-state index contributed by atoms with van der Waals surface area (Å²) in [5.41, 5.74) is 8.26. The summed E-state index contributed by atoms with van der Waals surface area (Å²) in [7, 11) is 0. The minimum absolute atomic E-state index is 0. The van der Waals surface area contributed by atoms with Gasteiger partial charge in [-0.25, -0.2) is 4.98 Å². The Bertz CT molecular complexity index is 787. The van der Waals surface area contributed by atoms with Crippen LogP contribution < -0.4 is 5.73 Å². The molecule has 23 heavy (non-hydrogen) atoms. The van der Waals surface area contributed by atoms with E-state index in [4.69, 9.17) is 15.6 Å². The summed E-state index contributed by atoms with van der Waals surface area (Å²) in [5, 5.41) is 7.55. The summed E-state index contributed by atoms with van der Waals surface area (Å²) in [6.45, 7) is 0. The first-order valence-corrected chi connectivity index (χ1v) is 8.26. The maximum Gasteiger partial charge on any atom is 0.228 e. The van der Waals surface area contributed by atoms with Gasteiger partial charge in [0, 0.05) is 5.56 Å². The van der Waals surface area contributed by atoms with Crippen molar-refractivity contribution in [1.82, 2.24) is 4.98 Å². The van der Waals surface area contributed by atoms with Crippen molar-refractivity contribution in [2.75, 3.05) is 6.26 Å². The van der Waals surface area contributed by atoms with Crippen LogP contribution in [-0.4, -0.2) is 17.1 Å². The number of nitrogens with two attached hydrogens (primary N) is 1. The van der Waals surface area contributed by atoms with Gasteiger partial charge >= 0.3 is 0 Å². The predicted octanol–water partition coefficient (Wildman–Crippen LogP) is 4.92. The van der Waals surface area contributed by atoms with Gasteiger partial charge in [-0.3, -0.25) is 5.41 Å². The zero-order chi connectivity index (χ0) is 14.8. The lowest BCUT2D eigenvalue weighted by molar-refractivity contribution is 0.574. The zero-order valence-corrected chi connectivity index (χ0v) is 15.4. The second kappa shape index (κ2) is 8.40. The molecular weight excluding hydrogens is 373 g/mol. The fourth-order valence-corrected chi connectivity index (χ4v) is 3.66. The normalized spacial score (nSPS) is 9.78. The van der Waals surface area contributed by atoms with Crippen LogP contribution in [0, 0.1) is 5.41 Å². The Labute approximate surface area is 154 Å². The van der Waals surface area contributed by atoms with Crippen molar-refractivity contribution < 1.29 is 4.42 Å². The molecule has 0 saturated heterocycles. The van der Waals surface area contributed by atoms with Crippen LogP contribution in [0.2, 0.25) is 0 Å². The molecule has 0 aliphatic heterocycles. The number of nitrogens with zero attached hydrogens (tertiary/aromatic N) is 1. The van der Waals surface area contributed by atoms with Crippen molar-refractivity contribution in [2.24, 2.45) is 5.73 Å². The van der Waals surface area contributed by atoms with E-state index in [1.807, 2.05) is 42.7 Å². The van der Waals surface area contributed by atoms with Gasteiger partial charge in [-0.05, 0) is 12.3 Å². The fraction of sp³-hybridized carbons (Fsp3) is 0.0667. The molecule has 0 fully saturated rings. The molecule has 0 amide bonds. The molecule has 0 saturated carbocycles. The lowest BCUT2D eigenvalue weighted by Crippen LogP contribution is -2.08. The predicted molar refractivity (Wildman–Crippen MR) is 103 cm³/mol. The molecule has 3 N–H and O–H groups in total. The van der Waals surface area contributed by atoms with Gasteiger partial charge in [-0.15, -0.1) is 47.9 Å². The van der Waals surface area contributed by atoms with E-state index < -0.39 is 0 Å². The molecule has 0 bridgehead atoms. The summed E-state index contributed by atoms with van der Waals surface area (Å²) in [6.07, 6.45) is 3.64. The molecule has 3 aromatic rings. The first-order valence-electron chi connectivity index (χ1n) is 6.22. The van der Waals surface area contributed by atoms with E-state index in [-0.39, 0.29) is 30.6 Å². The highest BCUT2D eigenvalue weighted by Gasteiger charge is 2.17. The lowest BCUT2D eigenvalue weighted by atomic mass is 10.2. The number of amidine groups is 1. The second-order valence-electron chi connectivity index (χ2n) is 4.33. The summed E-state index contributed by atoms with van der Waals surface area (Å²) in [5.74, 6) is 0.623. The van der Waals surface area contributed by atoms with Gasteiger partial charge in [0.15, 0.2) is 0 Å². The molecular formula is C15H15Cl2N3OS2. The smallest absolute Gasteiger partial charge is 0.228 e. The van der Waals surface area contributed by atoms with Gasteiger partial charge in [0.2, 0.25) is 5.89 Å². The number of nitrogen functional groups attached to an aromatic ring is 1. The van der Waals surface area contributed by atoms with Crippen LogP contribution in [0.3, 0.4) is 0 Å². The van der Waals surface area contributed by atoms with E-state index >= 15 is 0 Å². The van der Waals surface area contributed by atoms with Crippen LogP contribution in [0.25, 0.3) is 22.7 Å². The second-order valence-corrected chi connectivity index (χ2v) is 6.46. The minimum atomic E-state index is 0. The first-order chi connectivity index (χ1) is 10.2. The van der Waals surface area contributed by atoms with Gasteiger partial charge in [0.25, 0.3) is 0 Å². The average molecular weight is 388 g/mol. The van der Waals surface area contributed by atoms with Gasteiger partial charge in [0.05, 0.1) is 14.6 Å². The Morgan fingerprint density at radius 1 is 1.26 bits per heavy atom. The van der Waals surface area contributed by atoms with Crippen molar-refractivity contribution in [3.63, 3.8) is 0 Å². The van der Waals surface area contributed by atoms with Crippen molar-refractivity contribution in [3.05, 3.63) is 47.5 Å². The highest BCUT2D eigenvalue weighted by molar-refractivity contribution is 8.00. The molecule has 0 aliphatic rings. The van der Waals surface area contributed by atoms with Crippen LogP contribution >= 0.6 is 47.9 Å². The van der Waals surface area contributed by atoms with Crippen LogP contribution in [0.15, 0.2) is 51.3 Å². The third-order valence-electron chi connectivity index (χ3n) is 2.95. The Balaban J connectivity index is 0.00000132. The number of rotatable bonds is 4. The molecule has 1 aromatic carbocycles. The fourth-order valence-electron chi connectivity index (χ4n) is 1.95. The number of hydrogen-bond acceptors (Lipinski definition) is 5. The number of oxazole rings is 1. The van der Waals surface area contributed by atoms with Gasteiger partial charge in [0.1, 0.15) is 17.8 Å². The summed E-state index contributed by atoms with van der Waals surface area (Å²) < 4.78 is 6.65. The Morgan fingerprint density at radius 2 is 1.96 bits per heavy atom. The molecule has 3 rings (SSSR count). The van der Waals surface area contributed by atoms with Crippen molar-refractivity contribution >= 4 is 53.7 Å². The largest absolute Gasteiger partial charge is 0.444 e. The quantitative estimate of drug-likeness (QED) is 0.378. The molecule has 8 heteroatoms. The topological polar surface area (TPSA) is 75.9 Å². The van der Waals surface area contributed by atoms with E-state index in [1.165, 1.54) is 11.3 Å². The molecule has 2 heterocycles. The summed E-state index contributed by atoms with van der Waals surface area (Å²) in [6, 6.07) is 11.7. The van der Waals surface area contributed by atoms with Crippen molar-refractivity contribution in [3.8, 4) is 22.7 Å². The van der Waals surface area contributed by atoms with Gasteiger partial charge in [-0.2, -0.15) is 0 Å². The van der Waals surface area contributed by atoms with Crippen LogP contribution in [0.4, 0.5) is 0 Å². The number of benzene rings is 1. The standard InChI is InChI=1S/C15H13N3OS2.2ClH/c1-20-15-10(7-12(21-15)13(16)17)14-18-11(8-19-14)9-5-3-2-4-6-9;;/h2-8H,1H3,(H3,16,17);2*1H. The van der Waals surface area contributed by atoms with Crippen molar-refractivity contribution in [2.45, 2.75) is 4.21 Å². The molecule has 0 radical (unpaired) electrons. The Morgan fingerprint density at radius 3 is 2.57 bits per heavy atom. The monoisotopic (exact) mass is 387 g/mol. The Kier molecular flexibility index (Phi) is 7.15. The molecule has 0 aliphatic carbocycles. The van der Waals surface area contributed by atoms with E-state index in [0.29, 0.717) is 5.89 Å². The molecule has 4 nitrogen and oxygen atoms in total. The molecule has 2 aromatic heterocycles. The van der Waals surface area contributed by atoms with Crippen LogP contribution in [0.1, 0.15) is 4.88 Å². The van der Waals surface area contributed by atoms with E-state index in [9.17, 15) is 0 Å². The molecule has 0 atom stereocenters. The number of aromatic nitrogens is 1. The first kappa shape index (κ1) is 19.6. The number of nitrogens with one attached hydrogen (secondary N) is 1. The Hall–Kier alpha value is -1.47. The van der Waals surface area contributed by atoms with Crippen LogP contribution in [0.5, 0.6) is 0 Å². The molecule has 0 unspecified atom stereocenters. The van der Waals surface area contributed by atoms with E-state index in [0.717, 1.165) is 25.9 Å². The maximum atomic E-state index is 7.55. The minimum Gasteiger partial charge on any atom is -0.444 e. The highest BCUT2D eigenvalue weighted by Crippen LogP contribution is 2.38.